The van der Waals surface area contributed by atoms with E-state index in [2.05, 4.69) is 31.1 Å². The molecule has 8 atom stereocenters. The monoisotopic (exact) mass is 499 g/mol. The Morgan fingerprint density at radius 3 is 2.53 bits per heavy atom. The largest absolute Gasteiger partial charge is 0.458 e. The summed E-state index contributed by atoms with van der Waals surface area (Å²) in [7, 11) is 2.12. The Morgan fingerprint density at radius 2 is 1.81 bits per heavy atom. The van der Waals surface area contributed by atoms with Gasteiger partial charge in [-0.3, -0.25) is 0 Å². The van der Waals surface area contributed by atoms with Crippen LogP contribution in [0.1, 0.15) is 71.6 Å². The SMILES string of the molecule is CN1CCN(C(=O)N[C@H]2CC[C@@]3(C)[C@H](CC[C@@H]4[C@@H]3CC[C@]3(C)[C@@H](C5=CC(=O)OC5)CC[C@]43O)C2)CC1. The third kappa shape index (κ3) is 3.66. The molecule has 200 valence electrons. The average Bonchev–Trinajstić information content (AvgIpc) is 3.39. The number of fused-ring (bicyclic) bond motifs is 5. The van der Waals surface area contributed by atoms with Crippen molar-refractivity contribution in [2.45, 2.75) is 83.3 Å². The van der Waals surface area contributed by atoms with Crippen molar-refractivity contribution in [2.24, 2.45) is 34.5 Å². The first-order valence-electron chi connectivity index (χ1n) is 14.5. The van der Waals surface area contributed by atoms with E-state index in [0.29, 0.717) is 24.4 Å². The molecule has 36 heavy (non-hydrogen) atoms. The maximum absolute atomic E-state index is 12.9. The predicted octanol–water partition coefficient (Wildman–Crippen LogP) is 3.57. The van der Waals surface area contributed by atoms with E-state index in [-0.39, 0.29) is 34.8 Å². The lowest BCUT2D eigenvalue weighted by molar-refractivity contribution is -0.204. The lowest BCUT2D eigenvalue weighted by Gasteiger charge is -2.64. The number of ether oxygens (including phenoxy) is 1. The number of piperazine rings is 1. The predicted molar refractivity (Wildman–Crippen MR) is 137 cm³/mol. The third-order valence-electron chi connectivity index (χ3n) is 12.1. The highest BCUT2D eigenvalue weighted by Crippen LogP contribution is 2.69. The third-order valence-corrected chi connectivity index (χ3v) is 12.1. The molecule has 1 saturated heterocycles. The fourth-order valence-electron chi connectivity index (χ4n) is 9.82. The number of hydrogen-bond donors (Lipinski definition) is 2. The molecule has 7 heteroatoms. The minimum Gasteiger partial charge on any atom is -0.458 e. The number of likely N-dealkylation sites (N-methyl/N-ethyl adjacent to an activating group) is 1. The fourth-order valence-corrected chi connectivity index (χ4v) is 9.82. The number of carbonyl (C=O) groups is 2. The van der Waals surface area contributed by atoms with E-state index in [4.69, 9.17) is 4.74 Å². The van der Waals surface area contributed by atoms with E-state index in [9.17, 15) is 14.7 Å². The van der Waals surface area contributed by atoms with Crippen LogP contribution in [0.25, 0.3) is 0 Å². The number of hydrogen-bond acceptors (Lipinski definition) is 5. The van der Waals surface area contributed by atoms with Crippen LogP contribution in [-0.2, 0) is 9.53 Å². The minimum atomic E-state index is -0.659. The Morgan fingerprint density at radius 1 is 1.03 bits per heavy atom. The van der Waals surface area contributed by atoms with E-state index in [1.54, 1.807) is 6.08 Å². The molecule has 0 radical (unpaired) electrons. The Labute approximate surface area is 216 Å². The molecule has 5 fully saturated rings. The molecule has 0 aromatic heterocycles. The lowest BCUT2D eigenvalue weighted by atomic mass is 9.43. The molecular formula is C29H45N3O4. The summed E-state index contributed by atoms with van der Waals surface area (Å²) >= 11 is 0. The van der Waals surface area contributed by atoms with Gasteiger partial charge < -0.3 is 25.0 Å². The minimum absolute atomic E-state index is 0.119. The van der Waals surface area contributed by atoms with Crippen LogP contribution in [0.4, 0.5) is 4.79 Å². The van der Waals surface area contributed by atoms with E-state index in [0.717, 1.165) is 89.5 Å². The second kappa shape index (κ2) is 8.72. The zero-order chi connectivity index (χ0) is 25.3. The number of rotatable bonds is 2. The molecule has 0 unspecified atom stereocenters. The highest BCUT2D eigenvalue weighted by molar-refractivity contribution is 5.85. The molecule has 0 bridgehead atoms. The number of carbonyl (C=O) groups excluding carboxylic acids is 2. The Bertz CT molecular complexity index is 945. The van der Waals surface area contributed by atoms with Gasteiger partial charge in [-0.15, -0.1) is 0 Å². The molecule has 0 spiro atoms. The first-order chi connectivity index (χ1) is 17.1. The van der Waals surface area contributed by atoms with Crippen molar-refractivity contribution in [3.63, 3.8) is 0 Å². The summed E-state index contributed by atoms with van der Waals surface area (Å²) in [6, 6.07) is 0.389. The summed E-state index contributed by atoms with van der Waals surface area (Å²) in [5.74, 6) is 1.51. The van der Waals surface area contributed by atoms with Crippen molar-refractivity contribution < 1.29 is 19.4 Å². The molecule has 6 rings (SSSR count). The molecule has 6 aliphatic rings. The van der Waals surface area contributed by atoms with Crippen molar-refractivity contribution >= 4 is 12.0 Å². The molecule has 0 aromatic rings. The topological polar surface area (TPSA) is 82.1 Å². The van der Waals surface area contributed by atoms with Crippen molar-refractivity contribution in [1.82, 2.24) is 15.1 Å². The van der Waals surface area contributed by atoms with Crippen molar-refractivity contribution in [3.8, 4) is 0 Å². The van der Waals surface area contributed by atoms with Gasteiger partial charge in [-0.05, 0) is 99.5 Å². The number of nitrogens with zero attached hydrogens (tertiary/aromatic N) is 2. The maximum Gasteiger partial charge on any atom is 0.331 e. The van der Waals surface area contributed by atoms with Crippen LogP contribution in [-0.4, -0.2) is 78.4 Å². The number of nitrogens with one attached hydrogen (secondary N) is 1. The van der Waals surface area contributed by atoms with Gasteiger partial charge in [0, 0.05) is 43.7 Å². The Kier molecular flexibility index (Phi) is 5.99. The van der Waals surface area contributed by atoms with Gasteiger partial charge in [0.1, 0.15) is 6.61 Å². The van der Waals surface area contributed by atoms with E-state index in [1.165, 1.54) is 0 Å². The summed E-state index contributed by atoms with van der Waals surface area (Å²) in [6.07, 6.45) is 11.2. The van der Waals surface area contributed by atoms with Gasteiger partial charge >= 0.3 is 12.0 Å². The van der Waals surface area contributed by atoms with Crippen LogP contribution >= 0.6 is 0 Å². The molecule has 4 aliphatic carbocycles. The van der Waals surface area contributed by atoms with Crippen LogP contribution in [0, 0.1) is 34.5 Å². The highest BCUT2D eigenvalue weighted by atomic mass is 16.5. The molecule has 2 aliphatic heterocycles. The van der Waals surface area contributed by atoms with Crippen molar-refractivity contribution in [2.75, 3.05) is 39.8 Å². The van der Waals surface area contributed by atoms with E-state index in [1.807, 2.05) is 4.90 Å². The number of amides is 2. The lowest BCUT2D eigenvalue weighted by Crippen LogP contribution is -2.63. The molecular weight excluding hydrogens is 454 g/mol. The van der Waals surface area contributed by atoms with Gasteiger partial charge in [-0.1, -0.05) is 13.8 Å². The smallest absolute Gasteiger partial charge is 0.331 e. The van der Waals surface area contributed by atoms with E-state index < -0.39 is 5.60 Å². The number of urea groups is 1. The van der Waals surface area contributed by atoms with Crippen molar-refractivity contribution in [3.05, 3.63) is 11.6 Å². The van der Waals surface area contributed by atoms with Crippen molar-refractivity contribution in [1.29, 1.82) is 0 Å². The Balaban J connectivity index is 1.14. The number of cyclic esters (lactones) is 1. The fraction of sp³-hybridized carbons (Fsp3) is 0.862. The summed E-state index contributed by atoms with van der Waals surface area (Å²) < 4.78 is 5.26. The zero-order valence-electron chi connectivity index (χ0n) is 22.4. The summed E-state index contributed by atoms with van der Waals surface area (Å²) in [5, 5.41) is 15.8. The van der Waals surface area contributed by atoms with Crippen LogP contribution < -0.4 is 5.32 Å². The standard InChI is InChI=1S/C29H45N3O4/c1-27-9-6-21(30-26(34)32-14-12-31(3)13-15-32)17-20(27)4-5-24-23(27)7-10-28(2)22(8-11-29(24,28)35)19-16-25(33)36-18-19/h16,20-24,35H,4-15,17-18H2,1-3H3,(H,30,34)/t20-,21+,22-,23+,24-,27+,28-,29+/m1/s1. The number of aliphatic hydroxyl groups is 1. The van der Waals surface area contributed by atoms with Gasteiger partial charge in [-0.2, -0.15) is 0 Å². The normalized spacial score (nSPS) is 46.9. The van der Waals surface area contributed by atoms with E-state index >= 15 is 0 Å². The maximum atomic E-state index is 12.9. The first-order valence-corrected chi connectivity index (χ1v) is 14.5. The quantitative estimate of drug-likeness (QED) is 0.568. The van der Waals surface area contributed by atoms with Gasteiger partial charge in [-0.25, -0.2) is 9.59 Å². The van der Waals surface area contributed by atoms with Crippen LogP contribution in [0.2, 0.25) is 0 Å². The van der Waals surface area contributed by atoms with Crippen LogP contribution in [0.3, 0.4) is 0 Å². The second-order valence-electron chi connectivity index (χ2n) is 13.5. The second-order valence-corrected chi connectivity index (χ2v) is 13.5. The summed E-state index contributed by atoms with van der Waals surface area (Å²) in [4.78, 5) is 29.0. The zero-order valence-corrected chi connectivity index (χ0v) is 22.4. The van der Waals surface area contributed by atoms with Crippen LogP contribution in [0.15, 0.2) is 11.6 Å². The first kappa shape index (κ1) is 24.7. The van der Waals surface area contributed by atoms with Gasteiger partial charge in [0.15, 0.2) is 0 Å². The van der Waals surface area contributed by atoms with Gasteiger partial charge in [0.25, 0.3) is 0 Å². The Hall–Kier alpha value is -1.60. The summed E-state index contributed by atoms with van der Waals surface area (Å²) in [6.45, 7) is 8.73. The molecule has 2 amide bonds. The van der Waals surface area contributed by atoms with Gasteiger partial charge in [0.2, 0.25) is 0 Å². The molecule has 2 heterocycles. The number of esters is 1. The molecule has 0 aromatic carbocycles. The molecule has 4 saturated carbocycles. The summed E-state index contributed by atoms with van der Waals surface area (Å²) in [5.41, 5.74) is 0.505. The van der Waals surface area contributed by atoms with Crippen LogP contribution in [0.5, 0.6) is 0 Å². The molecule has 2 N–H and O–H groups in total. The average molecular weight is 500 g/mol. The van der Waals surface area contributed by atoms with Gasteiger partial charge in [0.05, 0.1) is 5.60 Å². The molecule has 7 nitrogen and oxygen atoms in total. The highest BCUT2D eigenvalue weighted by Gasteiger charge is 2.67.